The molecule has 1 heterocycles. The van der Waals surface area contributed by atoms with Crippen molar-refractivity contribution < 1.29 is 27.8 Å². The Morgan fingerprint density at radius 3 is 2.71 bits per heavy atom. The van der Waals surface area contributed by atoms with Gasteiger partial charge in [-0.2, -0.15) is 8.78 Å². The average Bonchev–Trinajstić information content (AvgIpc) is 2.49. The van der Waals surface area contributed by atoms with E-state index < -0.39 is 24.1 Å². The van der Waals surface area contributed by atoms with Crippen LogP contribution >= 0.6 is 0 Å². The molecule has 1 saturated carbocycles. The Morgan fingerprint density at radius 1 is 1.47 bits per heavy atom. The Balaban J connectivity index is 2.06. The zero-order chi connectivity index (χ0) is 12.8. The number of rotatable bonds is 2. The van der Waals surface area contributed by atoms with Gasteiger partial charge in [-0.05, 0) is 12.3 Å². The molecular formula is C11H14F2O4. The normalized spacial score (nSPS) is 36.6. The molecule has 1 saturated heterocycles. The molecule has 0 amide bonds. The third kappa shape index (κ3) is 2.25. The Morgan fingerprint density at radius 2 is 2.12 bits per heavy atom. The summed E-state index contributed by atoms with van der Waals surface area (Å²) in [4.78, 5) is 22.4. The van der Waals surface area contributed by atoms with Gasteiger partial charge in [-0.1, -0.05) is 6.92 Å². The zero-order valence-electron chi connectivity index (χ0n) is 9.61. The van der Waals surface area contributed by atoms with Gasteiger partial charge in [0.15, 0.2) is 0 Å². The Hall–Kier alpha value is -1.20. The largest absolute Gasteiger partial charge is 0.458 e. The van der Waals surface area contributed by atoms with Crippen LogP contribution in [0.4, 0.5) is 8.78 Å². The average molecular weight is 248 g/mol. The summed E-state index contributed by atoms with van der Waals surface area (Å²) >= 11 is 0. The first kappa shape index (κ1) is 12.3. The monoisotopic (exact) mass is 248 g/mol. The summed E-state index contributed by atoms with van der Waals surface area (Å²) in [6.45, 7) is 2.26. The topological polar surface area (TPSA) is 52.6 Å². The maximum Gasteiger partial charge on any atom is 0.377 e. The van der Waals surface area contributed by atoms with E-state index in [9.17, 15) is 18.4 Å². The number of ether oxygens (including phenoxy) is 2. The number of halogens is 2. The van der Waals surface area contributed by atoms with E-state index in [1.807, 2.05) is 0 Å². The molecule has 4 nitrogen and oxygen atoms in total. The number of carbonyl (C=O) groups is 2. The first-order chi connectivity index (χ1) is 7.79. The van der Waals surface area contributed by atoms with Gasteiger partial charge in [-0.3, -0.25) is 4.79 Å². The predicted molar refractivity (Wildman–Crippen MR) is 52.3 cm³/mol. The second-order valence-electron chi connectivity index (χ2n) is 4.88. The molecule has 0 aromatic heterocycles. The van der Waals surface area contributed by atoms with Crippen LogP contribution in [0.25, 0.3) is 0 Å². The second-order valence-corrected chi connectivity index (χ2v) is 4.88. The van der Waals surface area contributed by atoms with Crippen LogP contribution in [0.1, 0.15) is 26.7 Å². The summed E-state index contributed by atoms with van der Waals surface area (Å²) in [6.07, 6.45) is -0.350. The number of alkyl halides is 2. The molecule has 96 valence electrons. The quantitative estimate of drug-likeness (QED) is 0.695. The lowest BCUT2D eigenvalue weighted by Crippen LogP contribution is -2.42. The molecule has 4 unspecified atom stereocenters. The van der Waals surface area contributed by atoms with E-state index in [2.05, 4.69) is 0 Å². The lowest BCUT2D eigenvalue weighted by Gasteiger charge is -2.31. The minimum atomic E-state index is -3.51. The molecule has 2 aliphatic rings. The first-order valence-electron chi connectivity index (χ1n) is 5.58. The predicted octanol–water partition coefficient (Wildman–Crippen LogP) is 1.52. The number of fused-ring (bicyclic) bond motifs is 2. The maximum absolute atomic E-state index is 12.7. The molecule has 0 spiro atoms. The van der Waals surface area contributed by atoms with Gasteiger partial charge in [0.2, 0.25) is 0 Å². The third-order valence-corrected chi connectivity index (χ3v) is 3.30. The third-order valence-electron chi connectivity index (χ3n) is 3.30. The summed E-state index contributed by atoms with van der Waals surface area (Å²) in [6, 6.07) is 0. The van der Waals surface area contributed by atoms with Crippen LogP contribution in [0.2, 0.25) is 0 Å². The van der Waals surface area contributed by atoms with Crippen molar-refractivity contribution in [2.24, 2.45) is 11.8 Å². The number of hydrogen-bond donors (Lipinski definition) is 0. The van der Waals surface area contributed by atoms with E-state index in [-0.39, 0.29) is 17.8 Å². The van der Waals surface area contributed by atoms with Gasteiger partial charge in [0.25, 0.3) is 0 Å². The molecule has 0 radical (unpaired) electrons. The van der Waals surface area contributed by atoms with Gasteiger partial charge in [0.05, 0.1) is 5.92 Å². The van der Waals surface area contributed by atoms with E-state index in [1.165, 1.54) is 0 Å². The summed E-state index contributed by atoms with van der Waals surface area (Å²) in [5.41, 5.74) is 0. The summed E-state index contributed by atoms with van der Waals surface area (Å²) in [5, 5.41) is 0. The summed E-state index contributed by atoms with van der Waals surface area (Å²) in [7, 11) is 0. The molecule has 17 heavy (non-hydrogen) atoms. The highest BCUT2D eigenvalue weighted by molar-refractivity contribution is 5.78. The second kappa shape index (κ2) is 3.92. The molecule has 2 bridgehead atoms. The van der Waals surface area contributed by atoms with E-state index in [4.69, 9.17) is 9.47 Å². The minimum absolute atomic E-state index is 0.142. The van der Waals surface area contributed by atoms with Gasteiger partial charge in [0, 0.05) is 13.3 Å². The maximum atomic E-state index is 12.7. The molecule has 6 heteroatoms. The van der Waals surface area contributed by atoms with Crippen molar-refractivity contribution in [2.75, 3.05) is 0 Å². The van der Waals surface area contributed by atoms with Crippen LogP contribution in [0.15, 0.2) is 0 Å². The highest BCUT2D eigenvalue weighted by atomic mass is 19.3. The van der Waals surface area contributed by atoms with Crippen LogP contribution in [0.5, 0.6) is 0 Å². The van der Waals surface area contributed by atoms with Crippen molar-refractivity contribution in [3.8, 4) is 0 Å². The number of esters is 2. The van der Waals surface area contributed by atoms with Crippen LogP contribution in [0.3, 0.4) is 0 Å². The summed E-state index contributed by atoms with van der Waals surface area (Å²) in [5.74, 6) is -5.71. The van der Waals surface area contributed by atoms with Crippen molar-refractivity contribution in [3.05, 3.63) is 0 Å². The SMILES string of the molecule is CC1CC2CC(OC2=O)C1OC(=O)C(C)(F)F. The van der Waals surface area contributed by atoms with Crippen LogP contribution in [-0.2, 0) is 19.1 Å². The van der Waals surface area contributed by atoms with Crippen molar-refractivity contribution in [1.29, 1.82) is 0 Å². The van der Waals surface area contributed by atoms with Crippen molar-refractivity contribution in [3.63, 3.8) is 0 Å². The van der Waals surface area contributed by atoms with E-state index in [0.29, 0.717) is 19.8 Å². The van der Waals surface area contributed by atoms with Gasteiger partial charge in [0.1, 0.15) is 12.2 Å². The lowest BCUT2D eigenvalue weighted by atomic mass is 9.81. The molecule has 0 N–H and O–H groups in total. The van der Waals surface area contributed by atoms with Crippen molar-refractivity contribution in [2.45, 2.75) is 44.8 Å². The van der Waals surface area contributed by atoms with Crippen molar-refractivity contribution in [1.82, 2.24) is 0 Å². The molecule has 0 aromatic rings. The van der Waals surface area contributed by atoms with Gasteiger partial charge in [-0.15, -0.1) is 0 Å². The molecule has 1 aliphatic heterocycles. The molecule has 0 aromatic carbocycles. The minimum Gasteiger partial charge on any atom is -0.458 e. The fourth-order valence-electron chi connectivity index (χ4n) is 2.43. The van der Waals surface area contributed by atoms with Gasteiger partial charge in [-0.25, -0.2) is 4.79 Å². The van der Waals surface area contributed by atoms with E-state index in [0.717, 1.165) is 0 Å². The smallest absolute Gasteiger partial charge is 0.377 e. The number of hydrogen-bond acceptors (Lipinski definition) is 4. The molecule has 2 fully saturated rings. The van der Waals surface area contributed by atoms with Crippen LogP contribution in [-0.4, -0.2) is 30.1 Å². The number of carbonyl (C=O) groups excluding carboxylic acids is 2. The van der Waals surface area contributed by atoms with Gasteiger partial charge < -0.3 is 9.47 Å². The summed E-state index contributed by atoms with van der Waals surface area (Å²) < 4.78 is 35.3. The fraction of sp³-hybridized carbons (Fsp3) is 0.818. The molecule has 4 atom stereocenters. The Kier molecular flexibility index (Phi) is 2.83. The highest BCUT2D eigenvalue weighted by Gasteiger charge is 2.50. The molecule has 2 rings (SSSR count). The van der Waals surface area contributed by atoms with E-state index >= 15 is 0 Å². The van der Waals surface area contributed by atoms with Crippen molar-refractivity contribution >= 4 is 11.9 Å². The highest BCUT2D eigenvalue weighted by Crippen LogP contribution is 2.39. The lowest BCUT2D eigenvalue weighted by molar-refractivity contribution is -0.186. The van der Waals surface area contributed by atoms with E-state index in [1.54, 1.807) is 6.92 Å². The zero-order valence-corrected chi connectivity index (χ0v) is 9.61. The Bertz CT molecular complexity index is 350. The Labute approximate surface area is 97.3 Å². The molecular weight excluding hydrogens is 234 g/mol. The van der Waals surface area contributed by atoms with Crippen LogP contribution < -0.4 is 0 Å². The first-order valence-corrected chi connectivity index (χ1v) is 5.58. The van der Waals surface area contributed by atoms with Crippen LogP contribution in [0, 0.1) is 11.8 Å². The van der Waals surface area contributed by atoms with Gasteiger partial charge >= 0.3 is 17.9 Å². The standard InChI is InChI=1S/C11H14F2O4/c1-5-3-6-4-7(16-9(6)14)8(5)17-10(15)11(2,12)13/h5-8H,3-4H2,1-2H3. The molecule has 1 aliphatic carbocycles. The fourth-order valence-corrected chi connectivity index (χ4v) is 2.43.